The van der Waals surface area contributed by atoms with E-state index < -0.39 is 15.8 Å². The van der Waals surface area contributed by atoms with Crippen LogP contribution in [0.15, 0.2) is 157 Å². The molecule has 11 aromatic rings. The molecule has 10 unspecified atom stereocenters. The number of aryl methyl sites for hydroxylation is 3. The lowest BCUT2D eigenvalue weighted by Crippen LogP contribution is -2.40. The first-order chi connectivity index (χ1) is 45.9. The lowest BCUT2D eigenvalue weighted by atomic mass is 9.80. The van der Waals surface area contributed by atoms with Crippen LogP contribution in [0.4, 0.5) is 17.6 Å². The Labute approximate surface area is 587 Å². The van der Waals surface area contributed by atoms with Crippen molar-refractivity contribution in [1.82, 2.24) is 38.2 Å². The molecule has 12 nitrogen and oxygen atoms in total. The van der Waals surface area contributed by atoms with Crippen LogP contribution < -0.4 is 5.32 Å². The van der Waals surface area contributed by atoms with Crippen LogP contribution in [0.2, 0.25) is 0 Å². The Hall–Kier alpha value is -7.80. The van der Waals surface area contributed by atoms with Gasteiger partial charge in [0.25, 0.3) is 11.8 Å². The average molecular weight is 1410 g/mol. The summed E-state index contributed by atoms with van der Waals surface area (Å²) in [5, 5.41) is 8.40. The molecule has 7 heterocycles. The zero-order chi connectivity index (χ0) is 65.9. The smallest absolute Gasteiger partial charge is 0.272 e. The van der Waals surface area contributed by atoms with Crippen molar-refractivity contribution in [2.75, 3.05) is 13.1 Å². The minimum absolute atomic E-state index is 0. The first-order valence-corrected chi connectivity index (χ1v) is 35.3. The topological polar surface area (TPSA) is 127 Å². The summed E-state index contributed by atoms with van der Waals surface area (Å²) in [7, 11) is -3.65. The predicted molar refractivity (Wildman–Crippen MR) is 387 cm³/mol. The number of nitrogens with one attached hydrogen (secondary N) is 1. The van der Waals surface area contributed by atoms with E-state index in [0.717, 1.165) is 137 Å². The van der Waals surface area contributed by atoms with Crippen molar-refractivity contribution in [2.45, 2.75) is 147 Å². The van der Waals surface area contributed by atoms with E-state index in [4.69, 9.17) is 0 Å². The number of nitrogens with zero attached hydrogens (tertiary/aromatic N) is 7. The molecule has 0 spiro atoms. The molecule has 10 atom stereocenters. The van der Waals surface area contributed by atoms with Crippen LogP contribution in [0.25, 0.3) is 54.5 Å². The third kappa shape index (κ3) is 12.1. The zero-order valence-corrected chi connectivity index (χ0v) is 58.9. The van der Waals surface area contributed by atoms with E-state index in [1.165, 1.54) is 52.8 Å². The third-order valence-electron chi connectivity index (χ3n) is 22.6. The summed E-state index contributed by atoms with van der Waals surface area (Å²) in [5.41, 5.74) is 13.4. The number of benzene rings is 6. The van der Waals surface area contributed by atoms with Crippen molar-refractivity contribution in [3.8, 4) is 0 Å². The van der Waals surface area contributed by atoms with Gasteiger partial charge in [0.15, 0.2) is 0 Å². The SMILES string of the molecule is CCn1c(C)c(C2CC3CC2CC3NC(=O)c2ccc3ccccc3n2)c2cc(F)ccc21.CCn1c(C)c(C2CC3CC2CN3C(=O)c2ccc3ccccc3n2)c2cc(F)ccc21.CCn1c(C)c(C2CC3CC2CN3S(=O)(=O)c2ccc(F)cc2)c2cc(F)ccc21.Cl.Cl.Cl. The maximum atomic E-state index is 14.1. The molecule has 0 radical (unpaired) electrons. The van der Waals surface area contributed by atoms with Gasteiger partial charge in [0.1, 0.15) is 34.7 Å². The number of para-hydroxylation sites is 2. The lowest BCUT2D eigenvalue weighted by molar-refractivity contribution is 0.0687. The number of aromatic nitrogens is 5. The van der Waals surface area contributed by atoms with Crippen LogP contribution in [0.5, 0.6) is 0 Å². The molecule has 17 rings (SSSR count). The van der Waals surface area contributed by atoms with E-state index in [1.54, 1.807) is 34.6 Å². The Kier molecular flexibility index (Phi) is 19.8. The molecule has 4 aliphatic carbocycles. The summed E-state index contributed by atoms with van der Waals surface area (Å²) < 4.78 is 90.1. The number of amides is 2. The van der Waals surface area contributed by atoms with Crippen molar-refractivity contribution in [1.29, 1.82) is 0 Å². The van der Waals surface area contributed by atoms with E-state index >= 15 is 0 Å². The van der Waals surface area contributed by atoms with Gasteiger partial charge >= 0.3 is 0 Å². The highest BCUT2D eigenvalue weighted by Crippen LogP contribution is 2.56. The molecule has 2 amide bonds. The second kappa shape index (κ2) is 27.7. The first kappa shape index (κ1) is 70.1. The maximum absolute atomic E-state index is 14.1. The molecule has 6 bridgehead atoms. The zero-order valence-electron chi connectivity index (χ0n) is 55.6. The lowest BCUT2D eigenvalue weighted by Gasteiger charge is -2.32. The predicted octanol–water partition coefficient (Wildman–Crippen LogP) is 17.7. The summed E-state index contributed by atoms with van der Waals surface area (Å²) in [4.78, 5) is 37.6. The quantitative estimate of drug-likeness (QED) is 0.129. The molecule has 4 saturated carbocycles. The van der Waals surface area contributed by atoms with E-state index in [0.29, 0.717) is 47.5 Å². The monoisotopic (exact) mass is 1410 g/mol. The van der Waals surface area contributed by atoms with Crippen molar-refractivity contribution in [3.63, 3.8) is 0 Å². The number of halogens is 7. The van der Waals surface area contributed by atoms with E-state index in [9.17, 15) is 35.6 Å². The number of hydrogen-bond acceptors (Lipinski definition) is 6. The number of carbonyl (C=O) groups is 2. The highest BCUT2D eigenvalue weighted by molar-refractivity contribution is 7.89. The van der Waals surface area contributed by atoms with Gasteiger partial charge < -0.3 is 23.9 Å². The molecular formula is C78H81Cl3F4N8O4S. The molecule has 6 aliphatic rings. The van der Waals surface area contributed by atoms with Crippen LogP contribution >= 0.6 is 37.2 Å². The van der Waals surface area contributed by atoms with Crippen LogP contribution in [-0.4, -0.2) is 84.3 Å². The van der Waals surface area contributed by atoms with Gasteiger partial charge in [0.2, 0.25) is 10.0 Å². The van der Waals surface area contributed by atoms with Gasteiger partial charge in [-0.15, -0.1) is 37.2 Å². The second-order valence-corrected chi connectivity index (χ2v) is 29.3. The summed E-state index contributed by atoms with van der Waals surface area (Å²) >= 11 is 0. The van der Waals surface area contributed by atoms with Gasteiger partial charge in [-0.25, -0.2) is 35.9 Å². The highest BCUT2D eigenvalue weighted by atomic mass is 35.5. The fourth-order valence-corrected chi connectivity index (χ4v) is 20.2. The summed E-state index contributed by atoms with van der Waals surface area (Å²) in [5.74, 6) is 1.47. The van der Waals surface area contributed by atoms with Gasteiger partial charge in [0.05, 0.1) is 15.9 Å². The Morgan fingerprint density at radius 1 is 0.469 bits per heavy atom. The number of pyridine rings is 2. The minimum Gasteiger partial charge on any atom is -0.348 e. The molecule has 2 saturated heterocycles. The van der Waals surface area contributed by atoms with E-state index in [1.807, 2.05) is 95.9 Å². The molecule has 20 heteroatoms. The Morgan fingerprint density at radius 3 is 1.36 bits per heavy atom. The summed E-state index contributed by atoms with van der Waals surface area (Å²) in [6, 6.07) is 44.0. The van der Waals surface area contributed by atoms with Gasteiger partial charge in [0, 0.05) is 111 Å². The average Bonchev–Trinajstić information content (AvgIpc) is 1.58. The highest BCUT2D eigenvalue weighted by Gasteiger charge is 2.52. The van der Waals surface area contributed by atoms with Gasteiger partial charge in [-0.2, -0.15) is 4.31 Å². The number of likely N-dealkylation sites (tertiary alicyclic amines) is 1. The Bertz CT molecular complexity index is 5000. The molecule has 6 fully saturated rings. The number of carbonyl (C=O) groups excluding carboxylic acids is 2. The molecular weight excluding hydrogens is 1330 g/mol. The Morgan fingerprint density at radius 2 is 0.908 bits per heavy atom. The minimum atomic E-state index is -3.65. The number of rotatable bonds is 11. The molecule has 1 N–H and O–H groups in total. The van der Waals surface area contributed by atoms with Gasteiger partial charge in [-0.05, 0) is 248 Å². The van der Waals surface area contributed by atoms with Gasteiger partial charge in [-0.3, -0.25) is 9.59 Å². The number of piperidine rings is 2. The first-order valence-electron chi connectivity index (χ1n) is 33.8. The van der Waals surface area contributed by atoms with Gasteiger partial charge in [-0.1, -0.05) is 48.5 Å². The number of fused-ring (bicyclic) bond motifs is 11. The fourth-order valence-electron chi connectivity index (χ4n) is 18.5. The summed E-state index contributed by atoms with van der Waals surface area (Å²) in [6.45, 7) is 16.5. The van der Waals surface area contributed by atoms with E-state index in [2.05, 4.69) is 70.5 Å². The second-order valence-electron chi connectivity index (χ2n) is 27.4. The molecule has 2 aliphatic heterocycles. The van der Waals surface area contributed by atoms with E-state index in [-0.39, 0.29) is 101 Å². The van der Waals surface area contributed by atoms with Crippen molar-refractivity contribution >= 4 is 114 Å². The molecule has 512 valence electrons. The number of sulfonamides is 1. The van der Waals surface area contributed by atoms with Crippen molar-refractivity contribution < 1.29 is 35.6 Å². The van der Waals surface area contributed by atoms with Crippen LogP contribution in [0.1, 0.15) is 138 Å². The number of hydrogen-bond donors (Lipinski definition) is 1. The van der Waals surface area contributed by atoms with Crippen LogP contribution in [0, 0.1) is 67.7 Å². The third-order valence-corrected chi connectivity index (χ3v) is 24.5. The summed E-state index contributed by atoms with van der Waals surface area (Å²) in [6.07, 6.45) is 6.61. The van der Waals surface area contributed by atoms with Crippen molar-refractivity contribution in [2.24, 2.45) is 23.7 Å². The molecule has 5 aromatic heterocycles. The van der Waals surface area contributed by atoms with Crippen molar-refractivity contribution in [3.05, 3.63) is 220 Å². The Balaban J connectivity index is 0.000000138. The standard InChI is InChI=1S/C28H28FN3O.C27H26FN3O.C23H24F2N2O2S.3ClH/c1-3-32-16(2)27(22-15-20(29)9-11-26(22)32)21-13-19-12-18(21)14-25(19)31-28(33)24-10-8-17-6-4-5-7-23(17)30-24;1-3-30-16(2)26(22-13-19(28)9-11-25(22)30)21-14-20-12-18(21)15-31(20)27(32)24-10-8-17-6-4-5-7-23(17)29-24;1-3-26-14(2)23(21-11-17(25)6-9-22(21)26)20-12-18-10-15(20)13-27(18)30(28,29)19-7-4-16(24)5-8-19;;;/h4-11,15,18-19,21,25H,3,12-14H2,1-2H3,(H,31,33);4-11,13,18,20-21H,3,12,14-15H2,1-2H3;4-9,11,15,18,20H,3,10,12-13H2,1-2H3;3*1H. The largest absolute Gasteiger partial charge is 0.348 e. The molecule has 6 aromatic carbocycles. The molecule has 98 heavy (non-hydrogen) atoms. The van der Waals surface area contributed by atoms with Crippen LogP contribution in [0.3, 0.4) is 0 Å². The normalized spacial score (nSPS) is 22.8. The fraction of sp³-hybridized carbons (Fsp3) is 0.359. The van der Waals surface area contributed by atoms with Crippen LogP contribution in [-0.2, 0) is 29.7 Å². The maximum Gasteiger partial charge on any atom is 0.272 e.